The molecule has 1 aliphatic heterocycles. The Morgan fingerprint density at radius 3 is 2.75 bits per heavy atom. The highest BCUT2D eigenvalue weighted by Crippen LogP contribution is 2.42. The Kier molecular flexibility index (Phi) is 3.48. The summed E-state index contributed by atoms with van der Waals surface area (Å²) in [5, 5.41) is 10.9. The first-order valence-corrected chi connectivity index (χ1v) is 7.77. The highest BCUT2D eigenvalue weighted by Gasteiger charge is 2.25. The van der Waals surface area contributed by atoms with Gasteiger partial charge in [0.1, 0.15) is 6.10 Å². The monoisotopic (exact) mass is 285 g/mol. The van der Waals surface area contributed by atoms with E-state index >= 15 is 0 Å². The number of fused-ring (bicyclic) bond motifs is 2. The molecule has 0 amide bonds. The maximum atomic E-state index is 10.9. The molecule has 0 saturated carbocycles. The number of nitrogens with zero attached hydrogens (tertiary/aromatic N) is 1. The summed E-state index contributed by atoms with van der Waals surface area (Å²) in [7, 11) is 4.05. The quantitative estimate of drug-likeness (QED) is 0.863. The van der Waals surface area contributed by atoms with Crippen molar-refractivity contribution in [2.24, 2.45) is 0 Å². The van der Waals surface area contributed by atoms with Gasteiger partial charge in [-0.1, -0.05) is 24.3 Å². The minimum atomic E-state index is -0.547. The molecule has 0 aliphatic carbocycles. The van der Waals surface area contributed by atoms with Crippen LogP contribution in [-0.4, -0.2) is 19.2 Å². The van der Waals surface area contributed by atoms with Crippen LogP contribution in [0.1, 0.15) is 28.4 Å². The maximum Gasteiger partial charge on any atom is 0.107 e. The molecule has 20 heavy (non-hydrogen) atoms. The third-order valence-corrected chi connectivity index (χ3v) is 4.90. The van der Waals surface area contributed by atoms with E-state index in [2.05, 4.69) is 48.2 Å². The van der Waals surface area contributed by atoms with E-state index in [-0.39, 0.29) is 0 Å². The lowest BCUT2D eigenvalue weighted by molar-refractivity contribution is 0.217. The van der Waals surface area contributed by atoms with Crippen molar-refractivity contribution < 1.29 is 5.11 Å². The summed E-state index contributed by atoms with van der Waals surface area (Å²) in [4.78, 5) is 3.27. The maximum absolute atomic E-state index is 10.9. The molecule has 1 aliphatic rings. The standard InChI is InChI=1S/C17H19NOS/c1-11-7-8-13-15(9-11)20-10-12-5-4-6-14(18(2)3)16(12)17(13)19/h4-9,17,19H,10H2,1-3H3. The summed E-state index contributed by atoms with van der Waals surface area (Å²) in [6.07, 6.45) is -0.547. The van der Waals surface area contributed by atoms with E-state index < -0.39 is 6.10 Å². The number of aryl methyl sites for hydroxylation is 1. The molecule has 3 heteroatoms. The van der Waals surface area contributed by atoms with Crippen LogP contribution in [0.4, 0.5) is 5.69 Å². The highest BCUT2D eigenvalue weighted by molar-refractivity contribution is 7.98. The molecule has 1 N–H and O–H groups in total. The molecule has 2 aromatic rings. The van der Waals surface area contributed by atoms with E-state index in [1.165, 1.54) is 16.0 Å². The van der Waals surface area contributed by atoms with Crippen molar-refractivity contribution >= 4 is 17.4 Å². The predicted molar refractivity (Wildman–Crippen MR) is 85.6 cm³/mol. The SMILES string of the molecule is Cc1ccc2c(c1)SCc1cccc(N(C)C)c1C2O. The van der Waals surface area contributed by atoms with Gasteiger partial charge in [0.25, 0.3) is 0 Å². The molecule has 0 saturated heterocycles. The summed E-state index contributed by atoms with van der Waals surface area (Å²) >= 11 is 1.81. The van der Waals surface area contributed by atoms with Gasteiger partial charge >= 0.3 is 0 Å². The second kappa shape index (κ2) is 5.15. The van der Waals surface area contributed by atoms with Crippen LogP contribution in [0.2, 0.25) is 0 Å². The number of aliphatic hydroxyl groups excluding tert-OH is 1. The molecule has 1 unspecified atom stereocenters. The van der Waals surface area contributed by atoms with Gasteiger partial charge in [0.2, 0.25) is 0 Å². The van der Waals surface area contributed by atoms with Crippen LogP contribution in [0, 0.1) is 6.92 Å². The van der Waals surface area contributed by atoms with Crippen molar-refractivity contribution in [1.29, 1.82) is 0 Å². The molecule has 0 bridgehead atoms. The van der Waals surface area contributed by atoms with Crippen LogP contribution in [0.25, 0.3) is 0 Å². The molecule has 1 heterocycles. The van der Waals surface area contributed by atoms with Crippen LogP contribution in [0.3, 0.4) is 0 Å². The Morgan fingerprint density at radius 1 is 1.20 bits per heavy atom. The average molecular weight is 285 g/mol. The van der Waals surface area contributed by atoms with E-state index in [0.717, 1.165) is 22.6 Å². The van der Waals surface area contributed by atoms with E-state index in [4.69, 9.17) is 0 Å². The van der Waals surface area contributed by atoms with Crippen LogP contribution in [0.15, 0.2) is 41.3 Å². The number of hydrogen-bond acceptors (Lipinski definition) is 3. The van der Waals surface area contributed by atoms with Gasteiger partial charge in [0.15, 0.2) is 0 Å². The smallest absolute Gasteiger partial charge is 0.107 e. The predicted octanol–water partition coefficient (Wildman–Crippen LogP) is 3.75. The van der Waals surface area contributed by atoms with Crippen molar-refractivity contribution in [3.63, 3.8) is 0 Å². The van der Waals surface area contributed by atoms with Gasteiger partial charge in [-0.05, 0) is 35.7 Å². The first-order valence-electron chi connectivity index (χ1n) is 6.78. The number of benzene rings is 2. The van der Waals surface area contributed by atoms with E-state index in [9.17, 15) is 5.11 Å². The molecule has 1 atom stereocenters. The number of thioether (sulfide) groups is 1. The van der Waals surface area contributed by atoms with Crippen molar-refractivity contribution in [2.45, 2.75) is 23.7 Å². The Balaban J connectivity index is 2.20. The molecule has 3 rings (SSSR count). The Hall–Kier alpha value is -1.45. The van der Waals surface area contributed by atoms with Gasteiger partial charge in [-0.15, -0.1) is 11.8 Å². The largest absolute Gasteiger partial charge is 0.384 e. The fourth-order valence-corrected chi connectivity index (χ4v) is 3.91. The van der Waals surface area contributed by atoms with Crippen LogP contribution in [-0.2, 0) is 5.75 Å². The van der Waals surface area contributed by atoms with Gasteiger partial charge in [0, 0.05) is 36.0 Å². The van der Waals surface area contributed by atoms with E-state index in [0.29, 0.717) is 0 Å². The van der Waals surface area contributed by atoms with E-state index in [1.54, 1.807) is 0 Å². The first kappa shape index (κ1) is 13.5. The van der Waals surface area contributed by atoms with Gasteiger partial charge in [-0.3, -0.25) is 0 Å². The number of hydrogen-bond donors (Lipinski definition) is 1. The van der Waals surface area contributed by atoms with Gasteiger partial charge in [-0.2, -0.15) is 0 Å². The van der Waals surface area contributed by atoms with Gasteiger partial charge in [-0.25, -0.2) is 0 Å². The van der Waals surface area contributed by atoms with Crippen molar-refractivity contribution in [1.82, 2.24) is 0 Å². The molecule has 0 fully saturated rings. The summed E-state index contributed by atoms with van der Waals surface area (Å²) in [6.45, 7) is 2.09. The zero-order valence-corrected chi connectivity index (χ0v) is 12.9. The van der Waals surface area contributed by atoms with Crippen LogP contribution >= 0.6 is 11.8 Å². The summed E-state index contributed by atoms with van der Waals surface area (Å²) in [5.74, 6) is 0.907. The third-order valence-electron chi connectivity index (χ3n) is 3.78. The minimum absolute atomic E-state index is 0.547. The molecule has 2 aromatic carbocycles. The van der Waals surface area contributed by atoms with E-state index in [1.807, 2.05) is 25.9 Å². The molecule has 0 spiro atoms. The summed E-state index contributed by atoms with van der Waals surface area (Å²) in [5.41, 5.74) is 5.63. The second-order valence-corrected chi connectivity index (χ2v) is 6.49. The fourth-order valence-electron chi connectivity index (χ4n) is 2.73. The molecular formula is C17H19NOS. The molecule has 0 radical (unpaired) electrons. The van der Waals surface area contributed by atoms with Crippen molar-refractivity contribution in [3.05, 3.63) is 58.7 Å². The zero-order chi connectivity index (χ0) is 14.3. The highest BCUT2D eigenvalue weighted by atomic mass is 32.2. The third kappa shape index (κ3) is 2.21. The molecule has 2 nitrogen and oxygen atoms in total. The van der Waals surface area contributed by atoms with Gasteiger partial charge in [0.05, 0.1) is 0 Å². The van der Waals surface area contributed by atoms with Crippen molar-refractivity contribution in [2.75, 3.05) is 19.0 Å². The van der Waals surface area contributed by atoms with Crippen LogP contribution < -0.4 is 4.90 Å². The lowest BCUT2D eigenvalue weighted by atomic mass is 9.95. The first-order chi connectivity index (χ1) is 9.58. The minimum Gasteiger partial charge on any atom is -0.384 e. The molecule has 104 valence electrons. The molecule has 0 aromatic heterocycles. The Bertz CT molecular complexity index is 651. The Morgan fingerprint density at radius 2 is 2.00 bits per heavy atom. The van der Waals surface area contributed by atoms with Gasteiger partial charge < -0.3 is 10.0 Å². The Labute approximate surface area is 124 Å². The fraction of sp³-hybridized carbons (Fsp3) is 0.294. The lowest BCUT2D eigenvalue weighted by Crippen LogP contribution is -2.15. The normalized spacial score (nSPS) is 17.1. The lowest BCUT2D eigenvalue weighted by Gasteiger charge is -2.23. The number of aliphatic hydroxyl groups is 1. The number of anilines is 1. The summed E-state index contributed by atoms with van der Waals surface area (Å²) in [6, 6.07) is 12.6. The molecular weight excluding hydrogens is 266 g/mol. The number of rotatable bonds is 1. The zero-order valence-electron chi connectivity index (χ0n) is 12.1. The van der Waals surface area contributed by atoms with Crippen LogP contribution in [0.5, 0.6) is 0 Å². The second-order valence-electron chi connectivity index (χ2n) is 5.48. The summed E-state index contributed by atoms with van der Waals surface area (Å²) < 4.78 is 0. The van der Waals surface area contributed by atoms with Crippen molar-refractivity contribution in [3.8, 4) is 0 Å². The topological polar surface area (TPSA) is 23.5 Å². The average Bonchev–Trinajstić information content (AvgIpc) is 2.56.